The van der Waals surface area contributed by atoms with Crippen LogP contribution < -0.4 is 16.0 Å². The molecule has 1 aliphatic rings. The van der Waals surface area contributed by atoms with E-state index in [1.165, 1.54) is 13.1 Å². The molecule has 0 radical (unpaired) electrons. The number of aliphatic imine (C=N–C) groups is 1. The molecule has 8 nitrogen and oxygen atoms in total. The Balaban J connectivity index is 1.60. The molecular weight excluding hydrogens is 447 g/mol. The van der Waals surface area contributed by atoms with E-state index in [1.54, 1.807) is 12.1 Å². The number of hydrogen-bond acceptors (Lipinski definition) is 7. The molecular formula is C23H22F3N7O. The van der Waals surface area contributed by atoms with Gasteiger partial charge in [0.15, 0.2) is 0 Å². The lowest BCUT2D eigenvalue weighted by Gasteiger charge is -2.18. The van der Waals surface area contributed by atoms with Gasteiger partial charge in [0.05, 0.1) is 23.5 Å². The van der Waals surface area contributed by atoms with Crippen LogP contribution in [-0.2, 0) is 11.0 Å². The lowest BCUT2D eigenvalue weighted by atomic mass is 9.96. The summed E-state index contributed by atoms with van der Waals surface area (Å²) >= 11 is 0. The number of nitrogens with zero attached hydrogens (tertiary/aromatic N) is 4. The third kappa shape index (κ3) is 4.82. The molecule has 11 heteroatoms. The van der Waals surface area contributed by atoms with Gasteiger partial charge in [0.25, 0.3) is 0 Å². The first-order valence-electron chi connectivity index (χ1n) is 10.4. The zero-order valence-corrected chi connectivity index (χ0v) is 18.4. The summed E-state index contributed by atoms with van der Waals surface area (Å²) < 4.78 is 39.7. The van der Waals surface area contributed by atoms with E-state index in [0.717, 1.165) is 17.8 Å². The predicted octanol–water partition coefficient (Wildman–Crippen LogP) is 4.91. The maximum Gasteiger partial charge on any atom is 0.417 e. The molecule has 0 aliphatic carbocycles. The summed E-state index contributed by atoms with van der Waals surface area (Å²) in [6.07, 6.45) is -2.20. The first-order valence-corrected chi connectivity index (χ1v) is 10.4. The molecule has 3 heterocycles. The molecule has 4 rings (SSSR count). The van der Waals surface area contributed by atoms with Crippen molar-refractivity contribution >= 4 is 35.8 Å². The molecule has 2 unspecified atom stereocenters. The van der Waals surface area contributed by atoms with E-state index in [4.69, 9.17) is 0 Å². The fourth-order valence-corrected chi connectivity index (χ4v) is 3.77. The summed E-state index contributed by atoms with van der Waals surface area (Å²) in [5, 5.41) is 8.95. The molecule has 0 fully saturated rings. The molecule has 0 bridgehead atoms. The number of hydrogen-bond donors (Lipinski definition) is 3. The van der Waals surface area contributed by atoms with E-state index in [2.05, 4.69) is 42.6 Å². The molecule has 2 aromatic heterocycles. The first kappa shape index (κ1) is 23.1. The second-order valence-electron chi connectivity index (χ2n) is 7.88. The highest BCUT2D eigenvalue weighted by molar-refractivity contribution is 5.88. The van der Waals surface area contributed by atoms with Gasteiger partial charge in [-0.05, 0) is 37.4 Å². The number of fused-ring (bicyclic) bond motifs is 1. The van der Waals surface area contributed by atoms with Crippen LogP contribution in [0.4, 0.5) is 36.3 Å². The highest BCUT2D eigenvalue weighted by atomic mass is 19.4. The number of carbonyl (C=O) groups is 1. The Morgan fingerprint density at radius 2 is 1.97 bits per heavy atom. The molecule has 0 saturated carbocycles. The molecule has 3 aromatic rings. The standard InChI is InChI=1S/C23H22F3N7O/c1-12(14-4-6-16(7-5-14)32-13(2)34)31-22-30-11-19(27-3)20(33-22)18-10-29-21-17(18)8-15(9-28-21)23(24,25)26/h4-9,11-12,18H,3,10H2,1-2H3,(H,28,29)(H,32,34)(H,30,31,33). The first-order chi connectivity index (χ1) is 16.2. The van der Waals surface area contributed by atoms with Crippen molar-refractivity contribution in [2.45, 2.75) is 32.0 Å². The minimum Gasteiger partial charge on any atom is -0.369 e. The molecule has 34 heavy (non-hydrogen) atoms. The van der Waals surface area contributed by atoms with E-state index in [9.17, 15) is 18.0 Å². The van der Waals surface area contributed by atoms with Gasteiger partial charge in [-0.25, -0.2) is 15.0 Å². The van der Waals surface area contributed by atoms with Crippen LogP contribution in [0.1, 0.15) is 48.2 Å². The number of amides is 1. The van der Waals surface area contributed by atoms with Gasteiger partial charge in [-0.2, -0.15) is 13.2 Å². The maximum absolute atomic E-state index is 13.2. The van der Waals surface area contributed by atoms with Crippen molar-refractivity contribution in [2.24, 2.45) is 4.99 Å². The fourth-order valence-electron chi connectivity index (χ4n) is 3.77. The molecule has 0 spiro atoms. The highest BCUT2D eigenvalue weighted by Gasteiger charge is 2.35. The summed E-state index contributed by atoms with van der Waals surface area (Å²) in [5.41, 5.74) is 2.02. The van der Waals surface area contributed by atoms with Gasteiger partial charge in [-0.1, -0.05) is 12.1 Å². The lowest BCUT2D eigenvalue weighted by molar-refractivity contribution is -0.137. The smallest absolute Gasteiger partial charge is 0.369 e. The lowest BCUT2D eigenvalue weighted by Crippen LogP contribution is -2.13. The number of carbonyl (C=O) groups excluding carboxylic acids is 1. The van der Waals surface area contributed by atoms with Crippen molar-refractivity contribution in [2.75, 3.05) is 22.5 Å². The minimum atomic E-state index is -4.50. The summed E-state index contributed by atoms with van der Waals surface area (Å²) in [6, 6.07) is 8.22. The van der Waals surface area contributed by atoms with Crippen LogP contribution in [0.5, 0.6) is 0 Å². The average Bonchev–Trinajstić information content (AvgIpc) is 3.21. The van der Waals surface area contributed by atoms with E-state index in [-0.39, 0.29) is 11.9 Å². The fraction of sp³-hybridized carbons (Fsp3) is 0.261. The number of pyridine rings is 1. The van der Waals surface area contributed by atoms with Crippen LogP contribution >= 0.6 is 0 Å². The Morgan fingerprint density at radius 3 is 2.62 bits per heavy atom. The number of aromatic nitrogens is 3. The second-order valence-corrected chi connectivity index (χ2v) is 7.88. The molecule has 176 valence electrons. The number of benzene rings is 1. The highest BCUT2D eigenvalue weighted by Crippen LogP contribution is 2.41. The third-order valence-corrected chi connectivity index (χ3v) is 5.47. The number of nitrogens with one attached hydrogen (secondary N) is 3. The molecule has 2 atom stereocenters. The topological polar surface area (TPSA) is 104 Å². The van der Waals surface area contributed by atoms with Crippen molar-refractivity contribution in [3.63, 3.8) is 0 Å². The van der Waals surface area contributed by atoms with E-state index in [0.29, 0.717) is 40.9 Å². The van der Waals surface area contributed by atoms with Crippen molar-refractivity contribution in [3.05, 3.63) is 65.1 Å². The maximum atomic E-state index is 13.2. The Morgan fingerprint density at radius 1 is 1.24 bits per heavy atom. The number of anilines is 3. The Labute approximate surface area is 193 Å². The van der Waals surface area contributed by atoms with Gasteiger partial charge < -0.3 is 16.0 Å². The van der Waals surface area contributed by atoms with Crippen molar-refractivity contribution < 1.29 is 18.0 Å². The number of rotatable bonds is 6. The van der Waals surface area contributed by atoms with Crippen LogP contribution in [-0.4, -0.2) is 34.1 Å². The molecule has 0 saturated heterocycles. The quantitative estimate of drug-likeness (QED) is 0.443. The molecule has 3 N–H and O–H groups in total. The van der Waals surface area contributed by atoms with E-state index in [1.807, 2.05) is 19.1 Å². The average molecular weight is 469 g/mol. The van der Waals surface area contributed by atoms with Crippen LogP contribution in [0.25, 0.3) is 0 Å². The van der Waals surface area contributed by atoms with Crippen LogP contribution in [0, 0.1) is 0 Å². The summed E-state index contributed by atoms with van der Waals surface area (Å²) in [5.74, 6) is 0.0281. The van der Waals surface area contributed by atoms with Gasteiger partial charge in [-0.3, -0.25) is 9.79 Å². The van der Waals surface area contributed by atoms with Crippen molar-refractivity contribution in [1.29, 1.82) is 0 Å². The van der Waals surface area contributed by atoms with Crippen LogP contribution in [0.3, 0.4) is 0 Å². The SMILES string of the molecule is C=Nc1cnc(NC(C)c2ccc(NC(C)=O)cc2)nc1C1CNc2ncc(C(F)(F)F)cc21. The van der Waals surface area contributed by atoms with Crippen LogP contribution in [0.2, 0.25) is 0 Å². The van der Waals surface area contributed by atoms with Gasteiger partial charge in [0.1, 0.15) is 11.5 Å². The summed E-state index contributed by atoms with van der Waals surface area (Å²) in [4.78, 5) is 28.0. The zero-order valence-electron chi connectivity index (χ0n) is 18.4. The van der Waals surface area contributed by atoms with Crippen molar-refractivity contribution in [1.82, 2.24) is 15.0 Å². The van der Waals surface area contributed by atoms with Gasteiger partial charge in [0.2, 0.25) is 11.9 Å². The summed E-state index contributed by atoms with van der Waals surface area (Å²) in [6.45, 7) is 7.22. The Bertz CT molecular complexity index is 1230. The Kier molecular flexibility index (Phi) is 6.18. The normalized spacial score (nSPS) is 15.7. The van der Waals surface area contributed by atoms with Crippen LogP contribution in [0.15, 0.2) is 47.7 Å². The van der Waals surface area contributed by atoms with E-state index >= 15 is 0 Å². The monoisotopic (exact) mass is 469 g/mol. The number of halogens is 3. The largest absolute Gasteiger partial charge is 0.417 e. The Hall–Kier alpha value is -4.02. The molecule has 1 aromatic carbocycles. The van der Waals surface area contributed by atoms with Crippen molar-refractivity contribution in [3.8, 4) is 0 Å². The summed E-state index contributed by atoms with van der Waals surface area (Å²) in [7, 11) is 0. The van der Waals surface area contributed by atoms with E-state index < -0.39 is 17.7 Å². The van der Waals surface area contributed by atoms with Gasteiger partial charge >= 0.3 is 6.18 Å². The van der Waals surface area contributed by atoms with Gasteiger partial charge in [-0.15, -0.1) is 0 Å². The second kappa shape index (κ2) is 9.08. The molecule has 1 aliphatic heterocycles. The van der Waals surface area contributed by atoms with Gasteiger partial charge in [0, 0.05) is 36.8 Å². The third-order valence-electron chi connectivity index (χ3n) is 5.47. The number of alkyl halides is 3. The minimum absolute atomic E-state index is 0.156. The molecule has 1 amide bonds. The predicted molar refractivity (Wildman–Crippen MR) is 124 cm³/mol. The zero-order chi connectivity index (χ0) is 24.5.